The van der Waals surface area contributed by atoms with E-state index < -0.39 is 5.97 Å². The highest BCUT2D eigenvalue weighted by Crippen LogP contribution is 2.17. The van der Waals surface area contributed by atoms with Crippen molar-refractivity contribution in [1.82, 2.24) is 0 Å². The van der Waals surface area contributed by atoms with E-state index in [1.54, 1.807) is 26.0 Å². The van der Waals surface area contributed by atoms with E-state index in [2.05, 4.69) is 11.7 Å². The normalized spacial score (nSPS) is 10.5. The fourth-order valence-electron chi connectivity index (χ4n) is 1.10. The van der Waals surface area contributed by atoms with Gasteiger partial charge in [-0.1, -0.05) is 0 Å². The molecule has 4 nitrogen and oxygen atoms in total. The maximum absolute atomic E-state index is 11.3. The number of ether oxygens (including phenoxy) is 1. The minimum absolute atomic E-state index is 0.207. The lowest BCUT2D eigenvalue weighted by Crippen LogP contribution is -2.02. The predicted molar refractivity (Wildman–Crippen MR) is 58.0 cm³/mol. The number of nitrogens with zero attached hydrogens (tertiary/aromatic N) is 1. The molecule has 0 aliphatic carbocycles. The maximum Gasteiger partial charge on any atom is 0.374 e. The van der Waals surface area contributed by atoms with Gasteiger partial charge in [-0.2, -0.15) is 0 Å². The molecule has 1 heterocycles. The number of aliphatic imine (C=N–C) groups is 1. The summed E-state index contributed by atoms with van der Waals surface area (Å²) in [5.41, 5.74) is 0.797. The number of hydrogen-bond acceptors (Lipinski definition) is 4. The van der Waals surface area contributed by atoms with Crippen LogP contribution in [0.5, 0.6) is 0 Å². The molecular weight excluding hydrogens is 194 g/mol. The van der Waals surface area contributed by atoms with Gasteiger partial charge in [-0.05, 0) is 32.7 Å². The van der Waals surface area contributed by atoms with Crippen molar-refractivity contribution >= 4 is 18.8 Å². The molecule has 0 radical (unpaired) electrons. The Balaban J connectivity index is 2.89. The minimum Gasteiger partial charge on any atom is -0.460 e. The molecule has 0 aromatic carbocycles. The lowest BCUT2D eigenvalue weighted by Gasteiger charge is -1.95. The molecule has 0 spiro atoms. The first-order chi connectivity index (χ1) is 7.19. The average molecular weight is 207 g/mol. The third-order valence-corrected chi connectivity index (χ3v) is 1.79. The van der Waals surface area contributed by atoms with E-state index in [1.165, 1.54) is 6.20 Å². The van der Waals surface area contributed by atoms with Gasteiger partial charge in [-0.3, -0.25) is 4.99 Å². The van der Waals surface area contributed by atoms with Gasteiger partial charge < -0.3 is 9.15 Å². The largest absolute Gasteiger partial charge is 0.460 e. The van der Waals surface area contributed by atoms with Crippen LogP contribution in [0.4, 0.5) is 0 Å². The van der Waals surface area contributed by atoms with Crippen LogP contribution in [-0.4, -0.2) is 19.3 Å². The van der Waals surface area contributed by atoms with Gasteiger partial charge in [0.2, 0.25) is 5.76 Å². The molecule has 0 saturated carbocycles. The molecule has 0 amide bonds. The Morgan fingerprint density at radius 1 is 1.73 bits per heavy atom. The number of rotatable bonds is 4. The molecule has 0 atom stereocenters. The van der Waals surface area contributed by atoms with E-state index in [4.69, 9.17) is 9.15 Å². The van der Waals surface area contributed by atoms with Gasteiger partial charge in [-0.15, -0.1) is 0 Å². The van der Waals surface area contributed by atoms with Crippen LogP contribution in [0.3, 0.4) is 0 Å². The molecule has 0 aliphatic rings. The van der Waals surface area contributed by atoms with Gasteiger partial charge in [0.25, 0.3) is 0 Å². The summed E-state index contributed by atoms with van der Waals surface area (Å²) in [5, 5.41) is 0. The lowest BCUT2D eigenvalue weighted by molar-refractivity contribution is 0.0488. The summed E-state index contributed by atoms with van der Waals surface area (Å²) in [6.07, 6.45) is 3.25. The van der Waals surface area contributed by atoms with Crippen molar-refractivity contribution in [2.45, 2.75) is 13.8 Å². The summed E-state index contributed by atoms with van der Waals surface area (Å²) in [6, 6.07) is 1.62. The zero-order valence-corrected chi connectivity index (χ0v) is 8.82. The molecule has 0 saturated heterocycles. The highest BCUT2D eigenvalue weighted by molar-refractivity contribution is 5.87. The first-order valence-electron chi connectivity index (χ1n) is 4.59. The standard InChI is InChI=1S/C11H13NO3/c1-4-14-11(13)10-7-9(5-6-12-3)8(2)15-10/h5-7H,3-4H2,1-2H3/b6-5-. The van der Waals surface area contributed by atoms with Crippen molar-refractivity contribution in [2.75, 3.05) is 6.61 Å². The average Bonchev–Trinajstić information content (AvgIpc) is 2.57. The van der Waals surface area contributed by atoms with Crippen LogP contribution < -0.4 is 0 Å². The Bertz CT molecular complexity index is 391. The van der Waals surface area contributed by atoms with Crippen LogP contribution in [-0.2, 0) is 4.74 Å². The smallest absolute Gasteiger partial charge is 0.374 e. The summed E-state index contributed by atoms with van der Waals surface area (Å²) in [7, 11) is 0. The van der Waals surface area contributed by atoms with Crippen molar-refractivity contribution in [2.24, 2.45) is 4.99 Å². The molecule has 15 heavy (non-hydrogen) atoms. The Morgan fingerprint density at radius 3 is 3.07 bits per heavy atom. The van der Waals surface area contributed by atoms with Gasteiger partial charge in [0, 0.05) is 11.8 Å². The number of carbonyl (C=O) groups is 1. The molecule has 1 aromatic rings. The molecular formula is C11H13NO3. The second kappa shape index (κ2) is 5.14. The SMILES string of the molecule is C=N/C=C\c1cc(C(=O)OCC)oc1C. The lowest BCUT2D eigenvalue weighted by atomic mass is 10.2. The van der Waals surface area contributed by atoms with Gasteiger partial charge >= 0.3 is 5.97 Å². The highest BCUT2D eigenvalue weighted by Gasteiger charge is 2.13. The zero-order valence-electron chi connectivity index (χ0n) is 8.82. The Morgan fingerprint density at radius 2 is 2.47 bits per heavy atom. The first kappa shape index (κ1) is 11.2. The van der Waals surface area contributed by atoms with Crippen molar-refractivity contribution in [3.63, 3.8) is 0 Å². The topological polar surface area (TPSA) is 51.8 Å². The Kier molecular flexibility index (Phi) is 3.85. The van der Waals surface area contributed by atoms with Crippen LogP contribution >= 0.6 is 0 Å². The predicted octanol–water partition coefficient (Wildman–Crippen LogP) is 2.44. The molecule has 0 bridgehead atoms. The van der Waals surface area contributed by atoms with Crippen LogP contribution in [0.1, 0.15) is 28.8 Å². The van der Waals surface area contributed by atoms with Crippen LogP contribution in [0.25, 0.3) is 6.08 Å². The fourth-order valence-corrected chi connectivity index (χ4v) is 1.10. The van der Waals surface area contributed by atoms with Crippen molar-refractivity contribution < 1.29 is 13.9 Å². The number of hydrogen-bond donors (Lipinski definition) is 0. The summed E-state index contributed by atoms with van der Waals surface area (Å²) in [6.45, 7) is 7.16. The molecule has 1 aromatic heterocycles. The molecule has 0 N–H and O–H groups in total. The van der Waals surface area contributed by atoms with Crippen LogP contribution in [0.2, 0.25) is 0 Å². The highest BCUT2D eigenvalue weighted by atomic mass is 16.5. The molecule has 80 valence electrons. The molecule has 1 rings (SSSR count). The quantitative estimate of drug-likeness (QED) is 0.562. The van der Waals surface area contributed by atoms with Crippen LogP contribution in [0.15, 0.2) is 21.7 Å². The summed E-state index contributed by atoms with van der Waals surface area (Å²) in [4.78, 5) is 14.9. The number of esters is 1. The van der Waals surface area contributed by atoms with Gasteiger partial charge in [0.15, 0.2) is 0 Å². The van der Waals surface area contributed by atoms with E-state index in [1.807, 2.05) is 0 Å². The first-order valence-corrected chi connectivity index (χ1v) is 4.59. The number of carbonyl (C=O) groups excluding carboxylic acids is 1. The van der Waals surface area contributed by atoms with Gasteiger partial charge in [-0.25, -0.2) is 4.79 Å². The zero-order chi connectivity index (χ0) is 11.3. The summed E-state index contributed by atoms with van der Waals surface area (Å²) >= 11 is 0. The van der Waals surface area contributed by atoms with E-state index >= 15 is 0 Å². The maximum atomic E-state index is 11.3. The Labute approximate surface area is 88.3 Å². The van der Waals surface area contributed by atoms with Crippen molar-refractivity contribution in [1.29, 1.82) is 0 Å². The van der Waals surface area contributed by atoms with E-state index in [0.29, 0.717) is 12.4 Å². The van der Waals surface area contributed by atoms with Crippen LogP contribution in [0, 0.1) is 6.92 Å². The third kappa shape index (κ3) is 2.80. The Hall–Kier alpha value is -1.84. The van der Waals surface area contributed by atoms with Crippen molar-refractivity contribution in [3.8, 4) is 0 Å². The van der Waals surface area contributed by atoms with Crippen molar-refractivity contribution in [3.05, 3.63) is 29.4 Å². The van der Waals surface area contributed by atoms with Gasteiger partial charge in [0.1, 0.15) is 5.76 Å². The van der Waals surface area contributed by atoms with Gasteiger partial charge in [0.05, 0.1) is 6.61 Å². The summed E-state index contributed by atoms with van der Waals surface area (Å²) < 4.78 is 10.0. The number of furan rings is 1. The molecule has 4 heteroatoms. The minimum atomic E-state index is -0.452. The van der Waals surface area contributed by atoms with E-state index in [9.17, 15) is 4.79 Å². The second-order valence-electron chi connectivity index (χ2n) is 2.84. The monoisotopic (exact) mass is 207 g/mol. The second-order valence-corrected chi connectivity index (χ2v) is 2.84. The molecule has 0 fully saturated rings. The van der Waals surface area contributed by atoms with E-state index in [0.717, 1.165) is 5.56 Å². The number of aryl methyl sites for hydroxylation is 1. The molecule has 0 unspecified atom stereocenters. The summed E-state index contributed by atoms with van der Waals surface area (Å²) in [5.74, 6) is 0.405. The van der Waals surface area contributed by atoms with E-state index in [-0.39, 0.29) is 5.76 Å². The fraction of sp³-hybridized carbons (Fsp3) is 0.273. The molecule has 0 aliphatic heterocycles. The third-order valence-electron chi connectivity index (χ3n) is 1.79.